The van der Waals surface area contributed by atoms with Gasteiger partial charge in [0, 0.05) is 20.5 Å². The number of anilines is 1. The molecule has 3 N–H and O–H groups in total. The smallest absolute Gasteiger partial charge is 0.175 e. The molecule has 2 heterocycles. The van der Waals surface area contributed by atoms with Crippen molar-refractivity contribution in [3.8, 4) is 0 Å². The van der Waals surface area contributed by atoms with Crippen LogP contribution in [0.1, 0.15) is 57.3 Å². The third-order valence-electron chi connectivity index (χ3n) is 5.39. The lowest BCUT2D eigenvalue weighted by atomic mass is 10.1. The average Bonchev–Trinajstić information content (AvgIpc) is 3.23. The van der Waals surface area contributed by atoms with Crippen molar-refractivity contribution in [2.45, 2.75) is 74.8 Å². The molecule has 0 amide bonds. The minimum Gasteiger partial charge on any atom is -0.382 e. The molecule has 0 saturated heterocycles. The van der Waals surface area contributed by atoms with Crippen molar-refractivity contribution < 1.29 is 4.39 Å². The standard InChI is InChI=1S/C22H28FIN6S/c1-22(2,3)28-8-4-5-9-30-20-18(19(25)26-12-27-20)29-21(30)31-17-11-14-13(10-16(17)24)6-7-15(14)23/h10-12,15,28H,4-9H2,1-3H3,(H2,25,26,27). The van der Waals surface area contributed by atoms with Crippen molar-refractivity contribution in [1.29, 1.82) is 0 Å². The van der Waals surface area contributed by atoms with Crippen LogP contribution in [0, 0.1) is 3.57 Å². The summed E-state index contributed by atoms with van der Waals surface area (Å²) in [7, 11) is 0. The zero-order valence-electron chi connectivity index (χ0n) is 18.1. The molecule has 0 bridgehead atoms. The first-order chi connectivity index (χ1) is 14.7. The molecule has 1 aromatic carbocycles. The number of fused-ring (bicyclic) bond motifs is 2. The van der Waals surface area contributed by atoms with E-state index in [-0.39, 0.29) is 5.54 Å². The Labute approximate surface area is 200 Å². The third-order valence-corrected chi connectivity index (χ3v) is 7.70. The van der Waals surface area contributed by atoms with E-state index in [0.29, 0.717) is 17.8 Å². The normalized spacial score (nSPS) is 16.2. The summed E-state index contributed by atoms with van der Waals surface area (Å²) in [6.07, 6.45) is 4.03. The number of nitrogen functional groups attached to an aromatic ring is 1. The van der Waals surface area contributed by atoms with E-state index in [9.17, 15) is 4.39 Å². The molecule has 0 saturated carbocycles. The molecule has 166 valence electrons. The lowest BCUT2D eigenvalue weighted by molar-refractivity contribution is 0.343. The zero-order valence-corrected chi connectivity index (χ0v) is 21.1. The Morgan fingerprint density at radius 1 is 1.29 bits per heavy atom. The number of imidazole rings is 1. The van der Waals surface area contributed by atoms with Crippen LogP contribution in [0.4, 0.5) is 10.2 Å². The number of aromatic nitrogens is 4. The van der Waals surface area contributed by atoms with Gasteiger partial charge in [-0.05, 0) is 98.8 Å². The maximum absolute atomic E-state index is 14.3. The van der Waals surface area contributed by atoms with E-state index in [4.69, 9.17) is 10.7 Å². The lowest BCUT2D eigenvalue weighted by Crippen LogP contribution is -2.36. The SMILES string of the molecule is CC(C)(C)NCCCCn1c(Sc2cc3c(cc2I)CCC3F)nc2c(N)ncnc21. The van der Waals surface area contributed by atoms with Gasteiger partial charge in [0.05, 0.1) is 0 Å². The second kappa shape index (κ2) is 9.19. The molecule has 1 aliphatic carbocycles. The summed E-state index contributed by atoms with van der Waals surface area (Å²) in [4.78, 5) is 14.3. The van der Waals surface area contributed by atoms with E-state index in [2.05, 4.69) is 69.3 Å². The van der Waals surface area contributed by atoms with Gasteiger partial charge in [-0.25, -0.2) is 19.3 Å². The monoisotopic (exact) mass is 554 g/mol. The van der Waals surface area contributed by atoms with Gasteiger partial charge in [0.15, 0.2) is 22.1 Å². The Bertz CT molecular complexity index is 1090. The fourth-order valence-electron chi connectivity index (χ4n) is 3.80. The van der Waals surface area contributed by atoms with Crippen molar-refractivity contribution in [2.24, 2.45) is 0 Å². The third kappa shape index (κ3) is 5.14. The first kappa shape index (κ1) is 22.7. The van der Waals surface area contributed by atoms with Crippen molar-refractivity contribution >= 4 is 51.3 Å². The molecule has 4 rings (SSSR count). The summed E-state index contributed by atoms with van der Waals surface area (Å²) in [6.45, 7) is 8.26. The lowest BCUT2D eigenvalue weighted by Gasteiger charge is -2.20. The van der Waals surface area contributed by atoms with Crippen LogP contribution in [-0.2, 0) is 13.0 Å². The van der Waals surface area contributed by atoms with Gasteiger partial charge in [0.2, 0.25) is 0 Å². The number of alkyl halides is 1. The van der Waals surface area contributed by atoms with Crippen molar-refractivity contribution in [3.63, 3.8) is 0 Å². The maximum atomic E-state index is 14.3. The Hall–Kier alpha value is -1.46. The number of aryl methyl sites for hydroxylation is 2. The van der Waals surface area contributed by atoms with E-state index in [1.54, 1.807) is 11.8 Å². The largest absolute Gasteiger partial charge is 0.382 e. The van der Waals surface area contributed by atoms with Crippen molar-refractivity contribution in [2.75, 3.05) is 12.3 Å². The minimum absolute atomic E-state index is 0.114. The quantitative estimate of drug-likeness (QED) is 0.305. The van der Waals surface area contributed by atoms with Gasteiger partial charge in [-0.3, -0.25) is 0 Å². The Morgan fingerprint density at radius 2 is 2.10 bits per heavy atom. The highest BCUT2D eigenvalue weighted by atomic mass is 127. The van der Waals surface area contributed by atoms with Crippen LogP contribution in [0.2, 0.25) is 0 Å². The average molecular weight is 554 g/mol. The fourth-order valence-corrected chi connectivity index (χ4v) is 5.63. The molecule has 6 nitrogen and oxygen atoms in total. The number of benzene rings is 1. The van der Waals surface area contributed by atoms with Crippen LogP contribution in [0.15, 0.2) is 28.5 Å². The number of hydrogen-bond acceptors (Lipinski definition) is 6. The molecule has 2 aromatic heterocycles. The van der Waals surface area contributed by atoms with E-state index >= 15 is 0 Å². The molecule has 1 unspecified atom stereocenters. The number of unbranched alkanes of at least 4 members (excludes halogenated alkanes) is 1. The predicted molar refractivity (Wildman–Crippen MR) is 132 cm³/mol. The topological polar surface area (TPSA) is 81.7 Å². The molecular weight excluding hydrogens is 526 g/mol. The van der Waals surface area contributed by atoms with Gasteiger partial charge in [-0.15, -0.1) is 0 Å². The number of nitrogens with zero attached hydrogens (tertiary/aromatic N) is 4. The molecule has 1 atom stereocenters. The Morgan fingerprint density at radius 3 is 2.87 bits per heavy atom. The molecule has 0 aliphatic heterocycles. The molecule has 3 aromatic rings. The fraction of sp³-hybridized carbons (Fsp3) is 0.500. The second-order valence-corrected chi connectivity index (χ2v) is 11.1. The van der Waals surface area contributed by atoms with E-state index < -0.39 is 6.17 Å². The van der Waals surface area contributed by atoms with E-state index in [1.165, 1.54) is 6.33 Å². The van der Waals surface area contributed by atoms with Crippen LogP contribution in [0.5, 0.6) is 0 Å². The Kier molecular flexibility index (Phi) is 6.73. The zero-order chi connectivity index (χ0) is 22.2. The highest BCUT2D eigenvalue weighted by Crippen LogP contribution is 2.41. The van der Waals surface area contributed by atoms with Gasteiger partial charge in [0.1, 0.15) is 12.5 Å². The van der Waals surface area contributed by atoms with Gasteiger partial charge in [-0.1, -0.05) is 11.8 Å². The summed E-state index contributed by atoms with van der Waals surface area (Å²) in [5, 5.41) is 4.34. The van der Waals surface area contributed by atoms with Crippen LogP contribution in [0.25, 0.3) is 11.2 Å². The summed E-state index contributed by atoms with van der Waals surface area (Å²) >= 11 is 3.88. The molecule has 1 aliphatic rings. The first-order valence-electron chi connectivity index (χ1n) is 10.6. The highest BCUT2D eigenvalue weighted by molar-refractivity contribution is 14.1. The highest BCUT2D eigenvalue weighted by Gasteiger charge is 2.24. The number of rotatable bonds is 7. The number of halogens is 2. The number of nitrogens with two attached hydrogens (primary N) is 1. The van der Waals surface area contributed by atoms with Gasteiger partial charge in [0.25, 0.3) is 0 Å². The van der Waals surface area contributed by atoms with Crippen molar-refractivity contribution in [3.05, 3.63) is 33.2 Å². The molecular formula is C22H28FIN6S. The summed E-state index contributed by atoms with van der Waals surface area (Å²) in [5.41, 5.74) is 9.50. The Balaban J connectivity index is 1.59. The number of nitrogens with one attached hydrogen (secondary N) is 1. The molecule has 0 radical (unpaired) electrons. The summed E-state index contributed by atoms with van der Waals surface area (Å²) in [6, 6.07) is 4.10. The van der Waals surface area contributed by atoms with E-state index in [0.717, 1.165) is 62.7 Å². The maximum Gasteiger partial charge on any atom is 0.175 e. The van der Waals surface area contributed by atoms with Gasteiger partial charge < -0.3 is 15.6 Å². The first-order valence-corrected chi connectivity index (χ1v) is 12.5. The van der Waals surface area contributed by atoms with Crippen molar-refractivity contribution in [1.82, 2.24) is 24.8 Å². The molecule has 0 fully saturated rings. The predicted octanol–water partition coefficient (Wildman–Crippen LogP) is 5.29. The van der Waals surface area contributed by atoms with Crippen LogP contribution >= 0.6 is 34.4 Å². The van der Waals surface area contributed by atoms with Gasteiger partial charge in [-0.2, -0.15) is 0 Å². The van der Waals surface area contributed by atoms with E-state index in [1.807, 2.05) is 6.07 Å². The molecule has 0 spiro atoms. The minimum atomic E-state index is -0.873. The number of hydrogen-bond donors (Lipinski definition) is 2. The molecule has 9 heteroatoms. The summed E-state index contributed by atoms with van der Waals surface area (Å²) < 4.78 is 17.5. The van der Waals surface area contributed by atoms with Crippen LogP contribution in [-0.4, -0.2) is 31.6 Å². The van der Waals surface area contributed by atoms with Gasteiger partial charge >= 0.3 is 0 Å². The van der Waals surface area contributed by atoms with Crippen LogP contribution < -0.4 is 11.1 Å². The second-order valence-electron chi connectivity index (χ2n) is 8.95. The van der Waals surface area contributed by atoms with Crippen LogP contribution in [0.3, 0.4) is 0 Å². The summed E-state index contributed by atoms with van der Waals surface area (Å²) in [5.74, 6) is 0.382. The molecule has 31 heavy (non-hydrogen) atoms.